The van der Waals surface area contributed by atoms with Crippen LogP contribution in [-0.4, -0.2) is 58.2 Å². The number of carbonyl (C=O) groups excluding carboxylic acids is 2. The van der Waals surface area contributed by atoms with Crippen molar-refractivity contribution in [1.82, 2.24) is 25.0 Å². The minimum atomic E-state index is -0.574. The second-order valence-corrected chi connectivity index (χ2v) is 7.17. The van der Waals surface area contributed by atoms with Crippen molar-refractivity contribution in [2.24, 2.45) is 7.05 Å². The van der Waals surface area contributed by atoms with Gasteiger partial charge in [-0.15, -0.1) is 0 Å². The number of aromatic nitrogens is 3. The fraction of sp³-hybridized carbons (Fsp3) is 0.273. The largest absolute Gasteiger partial charge is 0.348 e. The van der Waals surface area contributed by atoms with Gasteiger partial charge in [0.2, 0.25) is 11.8 Å². The van der Waals surface area contributed by atoms with Gasteiger partial charge >= 0.3 is 0 Å². The molecule has 1 atom stereocenters. The minimum absolute atomic E-state index is 0.0750. The first-order chi connectivity index (χ1) is 14.4. The van der Waals surface area contributed by atoms with Crippen molar-refractivity contribution in [3.8, 4) is 11.3 Å². The number of pyridine rings is 1. The molecule has 8 heteroatoms. The third-order valence-corrected chi connectivity index (χ3v) is 4.70. The third kappa shape index (κ3) is 5.51. The molecule has 0 radical (unpaired) electrons. The van der Waals surface area contributed by atoms with Crippen LogP contribution in [0.3, 0.4) is 0 Å². The summed E-state index contributed by atoms with van der Waals surface area (Å²) in [5, 5.41) is 10.5. The molecule has 0 bridgehead atoms. The van der Waals surface area contributed by atoms with E-state index in [0.29, 0.717) is 12.2 Å². The number of hydrogen-bond acceptors (Lipinski definition) is 5. The molecule has 8 nitrogen and oxygen atoms in total. The van der Waals surface area contributed by atoms with E-state index >= 15 is 0 Å². The lowest BCUT2D eigenvalue weighted by atomic mass is 10.1. The van der Waals surface area contributed by atoms with E-state index in [4.69, 9.17) is 0 Å². The molecule has 2 N–H and O–H groups in total. The molecule has 2 amide bonds. The summed E-state index contributed by atoms with van der Waals surface area (Å²) in [5.41, 5.74) is 2.66. The van der Waals surface area contributed by atoms with Crippen LogP contribution in [0.25, 0.3) is 11.3 Å². The first-order valence-electron chi connectivity index (χ1n) is 9.67. The number of nitrogens with one attached hydrogen (secondary N) is 2. The normalized spacial score (nSPS) is 11.7. The standard InChI is InChI=1S/C22H26N6O2/c1-27(2)21(29)15-24-19(13-16-7-5-4-6-8-16)22(30)25-20-14-18(26-28(20)3)17-9-11-23-12-10-17/h4-12,14,19,24H,13,15H2,1-3H3,(H,25,30). The van der Waals surface area contributed by atoms with Crippen LogP contribution >= 0.6 is 0 Å². The van der Waals surface area contributed by atoms with E-state index in [-0.39, 0.29) is 18.4 Å². The van der Waals surface area contributed by atoms with Gasteiger partial charge < -0.3 is 10.2 Å². The van der Waals surface area contributed by atoms with Gasteiger partial charge in [0, 0.05) is 45.2 Å². The smallest absolute Gasteiger partial charge is 0.243 e. The Morgan fingerprint density at radius 3 is 2.47 bits per heavy atom. The van der Waals surface area contributed by atoms with E-state index < -0.39 is 6.04 Å². The highest BCUT2D eigenvalue weighted by molar-refractivity contribution is 5.95. The fourth-order valence-corrected chi connectivity index (χ4v) is 2.94. The molecule has 3 aromatic rings. The second kappa shape index (κ2) is 9.80. The number of anilines is 1. The van der Waals surface area contributed by atoms with Crippen LogP contribution in [0.5, 0.6) is 0 Å². The fourth-order valence-electron chi connectivity index (χ4n) is 2.94. The number of carbonyl (C=O) groups is 2. The van der Waals surface area contributed by atoms with Crippen LogP contribution in [0.4, 0.5) is 5.82 Å². The number of amides is 2. The van der Waals surface area contributed by atoms with Crippen LogP contribution < -0.4 is 10.6 Å². The number of benzene rings is 1. The molecule has 0 aliphatic heterocycles. The van der Waals surface area contributed by atoms with Crippen molar-refractivity contribution >= 4 is 17.6 Å². The Morgan fingerprint density at radius 2 is 1.80 bits per heavy atom. The van der Waals surface area contributed by atoms with E-state index in [9.17, 15) is 9.59 Å². The molecule has 0 spiro atoms. The zero-order valence-corrected chi connectivity index (χ0v) is 17.4. The molecule has 0 aliphatic carbocycles. The Labute approximate surface area is 175 Å². The van der Waals surface area contributed by atoms with Gasteiger partial charge in [0.1, 0.15) is 5.82 Å². The zero-order valence-electron chi connectivity index (χ0n) is 17.4. The maximum Gasteiger partial charge on any atom is 0.243 e. The quantitative estimate of drug-likeness (QED) is 0.594. The Morgan fingerprint density at radius 1 is 1.10 bits per heavy atom. The first-order valence-corrected chi connectivity index (χ1v) is 9.67. The van der Waals surface area contributed by atoms with Gasteiger partial charge in [0.05, 0.1) is 18.3 Å². The topological polar surface area (TPSA) is 92.2 Å². The molecule has 0 saturated carbocycles. The summed E-state index contributed by atoms with van der Waals surface area (Å²) in [6.45, 7) is 0.0750. The maximum absolute atomic E-state index is 13.0. The molecule has 1 unspecified atom stereocenters. The van der Waals surface area contributed by atoms with Crippen LogP contribution in [0.15, 0.2) is 60.9 Å². The minimum Gasteiger partial charge on any atom is -0.348 e. The van der Waals surface area contributed by atoms with Gasteiger partial charge in [0.15, 0.2) is 0 Å². The van der Waals surface area contributed by atoms with Gasteiger partial charge in [0.25, 0.3) is 0 Å². The molecule has 2 aromatic heterocycles. The predicted octanol–water partition coefficient (Wildman–Crippen LogP) is 1.71. The molecule has 2 heterocycles. The third-order valence-electron chi connectivity index (χ3n) is 4.70. The molecule has 156 valence electrons. The summed E-state index contributed by atoms with van der Waals surface area (Å²) in [6, 6.07) is 14.7. The van der Waals surface area contributed by atoms with Crippen molar-refractivity contribution in [2.45, 2.75) is 12.5 Å². The molecular weight excluding hydrogens is 380 g/mol. The first kappa shape index (κ1) is 21.2. The SMILES string of the molecule is CN(C)C(=O)CNC(Cc1ccccc1)C(=O)Nc1cc(-c2ccncc2)nn1C. The van der Waals surface area contributed by atoms with Crippen molar-refractivity contribution in [3.05, 3.63) is 66.5 Å². The Bertz CT molecular complexity index is 985. The summed E-state index contributed by atoms with van der Waals surface area (Å²) in [4.78, 5) is 30.6. The second-order valence-electron chi connectivity index (χ2n) is 7.17. The molecule has 30 heavy (non-hydrogen) atoms. The Balaban J connectivity index is 1.75. The molecule has 1 aromatic carbocycles. The van der Waals surface area contributed by atoms with E-state index in [1.165, 1.54) is 4.90 Å². The van der Waals surface area contributed by atoms with Crippen molar-refractivity contribution < 1.29 is 9.59 Å². The molecule has 0 aliphatic rings. The van der Waals surface area contributed by atoms with Crippen LogP contribution in [-0.2, 0) is 23.1 Å². The van der Waals surface area contributed by atoms with E-state index in [2.05, 4.69) is 20.7 Å². The monoisotopic (exact) mass is 406 g/mol. The zero-order chi connectivity index (χ0) is 21.5. The molecule has 0 fully saturated rings. The summed E-state index contributed by atoms with van der Waals surface area (Å²) < 4.78 is 1.62. The maximum atomic E-state index is 13.0. The van der Waals surface area contributed by atoms with Crippen LogP contribution in [0.1, 0.15) is 5.56 Å². The highest BCUT2D eigenvalue weighted by Gasteiger charge is 2.21. The lowest BCUT2D eigenvalue weighted by molar-refractivity contribution is -0.128. The van der Waals surface area contributed by atoms with E-state index in [0.717, 1.165) is 16.8 Å². The molecule has 3 rings (SSSR count). The molecular formula is C22H26N6O2. The number of rotatable bonds is 8. The summed E-state index contributed by atoms with van der Waals surface area (Å²) in [6.07, 6.45) is 3.86. The number of aryl methyl sites for hydroxylation is 1. The highest BCUT2D eigenvalue weighted by atomic mass is 16.2. The average molecular weight is 406 g/mol. The number of hydrogen-bond donors (Lipinski definition) is 2. The Hall–Kier alpha value is -3.52. The van der Waals surface area contributed by atoms with Crippen molar-refractivity contribution in [1.29, 1.82) is 0 Å². The van der Waals surface area contributed by atoms with Gasteiger partial charge in [-0.3, -0.25) is 24.6 Å². The van der Waals surface area contributed by atoms with Crippen LogP contribution in [0.2, 0.25) is 0 Å². The average Bonchev–Trinajstić information content (AvgIpc) is 3.12. The van der Waals surface area contributed by atoms with Crippen LogP contribution in [0, 0.1) is 0 Å². The predicted molar refractivity (Wildman–Crippen MR) is 116 cm³/mol. The summed E-state index contributed by atoms with van der Waals surface area (Å²) in [7, 11) is 5.15. The lowest BCUT2D eigenvalue weighted by Crippen LogP contribution is -2.46. The lowest BCUT2D eigenvalue weighted by Gasteiger charge is -2.19. The number of likely N-dealkylation sites (N-methyl/N-ethyl adjacent to an activating group) is 1. The highest BCUT2D eigenvalue weighted by Crippen LogP contribution is 2.20. The van der Waals surface area contributed by atoms with E-state index in [1.54, 1.807) is 38.2 Å². The Kier molecular flexibility index (Phi) is 6.92. The van der Waals surface area contributed by atoms with Crippen molar-refractivity contribution in [3.63, 3.8) is 0 Å². The van der Waals surface area contributed by atoms with Crippen molar-refractivity contribution in [2.75, 3.05) is 26.0 Å². The van der Waals surface area contributed by atoms with Gasteiger partial charge in [-0.25, -0.2) is 0 Å². The van der Waals surface area contributed by atoms with Gasteiger partial charge in [-0.1, -0.05) is 30.3 Å². The summed E-state index contributed by atoms with van der Waals surface area (Å²) in [5.74, 6) is 0.252. The summed E-state index contributed by atoms with van der Waals surface area (Å²) >= 11 is 0. The number of nitrogens with zero attached hydrogens (tertiary/aromatic N) is 4. The van der Waals surface area contributed by atoms with E-state index in [1.807, 2.05) is 48.5 Å². The molecule has 0 saturated heterocycles. The van der Waals surface area contributed by atoms with Gasteiger partial charge in [-0.2, -0.15) is 5.10 Å². The van der Waals surface area contributed by atoms with Gasteiger partial charge in [-0.05, 0) is 24.1 Å².